The molecule has 2 aliphatic rings. The number of carbonyl (C=O) groups is 3. The Bertz CT molecular complexity index is 638. The molecule has 158 valence electrons. The van der Waals surface area contributed by atoms with E-state index in [4.69, 9.17) is 9.84 Å². The van der Waals surface area contributed by atoms with Crippen LogP contribution in [-0.4, -0.2) is 98.4 Å². The molecular weight excluding hydrogens is 376 g/mol. The number of aliphatic hydroxyl groups excluding tert-OH is 3. The van der Waals surface area contributed by atoms with Crippen LogP contribution in [0.25, 0.3) is 0 Å². The predicted octanol–water partition coefficient (Wildman–Crippen LogP) is -2.26. The second kappa shape index (κ2) is 9.32. The maximum absolute atomic E-state index is 11.7. The van der Waals surface area contributed by atoms with Crippen LogP contribution >= 0.6 is 0 Å². The van der Waals surface area contributed by atoms with Crippen molar-refractivity contribution in [1.29, 1.82) is 0 Å². The smallest absolute Gasteiger partial charge is 0.370 e. The molecule has 0 spiro atoms. The molecule has 28 heavy (non-hydrogen) atoms. The molecule has 6 atom stereocenters. The quantitative estimate of drug-likeness (QED) is 0.272. The molecule has 2 aliphatic heterocycles. The third-order valence-electron chi connectivity index (χ3n) is 5.03. The number of aliphatic hydroxyl groups is 3. The molecule has 1 fully saturated rings. The summed E-state index contributed by atoms with van der Waals surface area (Å²) in [5, 5.41) is 50.6. The van der Waals surface area contributed by atoms with E-state index in [9.17, 15) is 34.8 Å². The molecule has 0 saturated carbocycles. The van der Waals surface area contributed by atoms with Gasteiger partial charge in [-0.3, -0.25) is 14.5 Å². The fourth-order valence-corrected chi connectivity index (χ4v) is 3.66. The van der Waals surface area contributed by atoms with Crippen LogP contribution in [0.1, 0.15) is 19.8 Å². The van der Waals surface area contributed by atoms with Crippen molar-refractivity contribution in [2.24, 2.45) is 5.92 Å². The highest BCUT2D eigenvalue weighted by atomic mass is 16.5. The number of likely N-dealkylation sites (tertiary alicyclic amines) is 1. The molecule has 0 aromatic heterocycles. The van der Waals surface area contributed by atoms with Crippen LogP contribution in [0.2, 0.25) is 0 Å². The highest BCUT2D eigenvalue weighted by Crippen LogP contribution is 2.29. The summed E-state index contributed by atoms with van der Waals surface area (Å²) in [5.74, 6) is -3.99. The third kappa shape index (κ3) is 4.98. The van der Waals surface area contributed by atoms with Gasteiger partial charge in [-0.2, -0.15) is 0 Å². The lowest BCUT2D eigenvalue weighted by molar-refractivity contribution is -0.150. The van der Waals surface area contributed by atoms with Crippen LogP contribution in [0.15, 0.2) is 11.8 Å². The highest BCUT2D eigenvalue weighted by molar-refractivity contribution is 5.84. The van der Waals surface area contributed by atoms with Crippen molar-refractivity contribution in [3.63, 3.8) is 0 Å². The number of aliphatic carboxylic acids is 2. The first-order valence-electron chi connectivity index (χ1n) is 8.98. The van der Waals surface area contributed by atoms with Crippen molar-refractivity contribution in [1.82, 2.24) is 10.2 Å². The number of carbonyl (C=O) groups excluding carboxylic acids is 1. The van der Waals surface area contributed by atoms with Gasteiger partial charge in [-0.1, -0.05) is 0 Å². The molecule has 0 radical (unpaired) electrons. The summed E-state index contributed by atoms with van der Waals surface area (Å²) in [7, 11) is 0. The number of nitrogens with one attached hydrogen (secondary N) is 1. The first-order chi connectivity index (χ1) is 13.1. The molecular formula is C17H26N2O9. The van der Waals surface area contributed by atoms with Gasteiger partial charge in [0.15, 0.2) is 0 Å². The topological polar surface area (TPSA) is 177 Å². The number of rotatable bonds is 7. The van der Waals surface area contributed by atoms with E-state index in [0.717, 1.165) is 0 Å². The van der Waals surface area contributed by atoms with Gasteiger partial charge in [0.05, 0.1) is 24.6 Å². The fourth-order valence-electron chi connectivity index (χ4n) is 3.66. The van der Waals surface area contributed by atoms with E-state index in [0.29, 0.717) is 19.4 Å². The average molecular weight is 402 g/mol. The lowest BCUT2D eigenvalue weighted by atomic mass is 9.88. The molecule has 0 aliphatic carbocycles. The van der Waals surface area contributed by atoms with Crippen LogP contribution in [0, 0.1) is 5.92 Å². The van der Waals surface area contributed by atoms with Crippen molar-refractivity contribution in [2.75, 3.05) is 19.7 Å². The summed E-state index contributed by atoms with van der Waals surface area (Å²) in [6.07, 6.45) is -2.37. The molecule has 1 saturated heterocycles. The minimum absolute atomic E-state index is 0.130. The Morgan fingerprint density at radius 1 is 1.32 bits per heavy atom. The number of hydrogen-bond acceptors (Lipinski definition) is 8. The van der Waals surface area contributed by atoms with Crippen molar-refractivity contribution >= 4 is 17.8 Å². The summed E-state index contributed by atoms with van der Waals surface area (Å²) >= 11 is 0. The Morgan fingerprint density at radius 3 is 2.54 bits per heavy atom. The van der Waals surface area contributed by atoms with Gasteiger partial charge in [0.25, 0.3) is 0 Å². The van der Waals surface area contributed by atoms with Crippen molar-refractivity contribution in [3.8, 4) is 0 Å². The molecule has 0 aromatic carbocycles. The van der Waals surface area contributed by atoms with Gasteiger partial charge in [-0.25, -0.2) is 4.79 Å². The van der Waals surface area contributed by atoms with Crippen molar-refractivity contribution in [2.45, 2.75) is 50.2 Å². The molecule has 11 heteroatoms. The maximum atomic E-state index is 11.7. The van der Waals surface area contributed by atoms with E-state index in [2.05, 4.69) is 5.32 Å². The fraction of sp³-hybridized carbons (Fsp3) is 0.706. The second-order valence-corrected chi connectivity index (χ2v) is 7.05. The van der Waals surface area contributed by atoms with E-state index < -0.39 is 66.5 Å². The van der Waals surface area contributed by atoms with E-state index in [1.54, 1.807) is 4.90 Å². The molecule has 2 rings (SSSR count). The van der Waals surface area contributed by atoms with Gasteiger partial charge >= 0.3 is 11.9 Å². The van der Waals surface area contributed by atoms with E-state index in [-0.39, 0.29) is 6.54 Å². The summed E-state index contributed by atoms with van der Waals surface area (Å²) in [4.78, 5) is 36.3. The van der Waals surface area contributed by atoms with E-state index in [1.165, 1.54) is 13.0 Å². The Hall–Kier alpha value is -2.21. The van der Waals surface area contributed by atoms with Crippen molar-refractivity contribution < 1.29 is 44.7 Å². The lowest BCUT2D eigenvalue weighted by Gasteiger charge is -2.45. The van der Waals surface area contributed by atoms with Gasteiger partial charge in [0.1, 0.15) is 18.3 Å². The van der Waals surface area contributed by atoms with Crippen LogP contribution < -0.4 is 5.32 Å². The number of carboxylic acids is 2. The zero-order valence-corrected chi connectivity index (χ0v) is 15.4. The Kier molecular flexibility index (Phi) is 7.35. The number of hydrogen-bond donors (Lipinski definition) is 6. The van der Waals surface area contributed by atoms with Gasteiger partial charge in [-0.05, 0) is 25.5 Å². The van der Waals surface area contributed by atoms with Gasteiger partial charge in [0.2, 0.25) is 11.7 Å². The number of piperidine rings is 1. The molecule has 0 bridgehead atoms. The number of ether oxygens (including phenoxy) is 1. The molecule has 1 amide bonds. The number of nitrogens with zero attached hydrogens (tertiary/aromatic N) is 1. The lowest BCUT2D eigenvalue weighted by Crippen LogP contribution is -2.64. The number of amides is 1. The molecule has 6 N–H and O–H groups in total. The van der Waals surface area contributed by atoms with Gasteiger partial charge in [0, 0.05) is 13.5 Å². The Morgan fingerprint density at radius 2 is 2.00 bits per heavy atom. The monoisotopic (exact) mass is 402 g/mol. The standard InChI is InChI=1S/C17H26N2O9/c1-8(21)18-13-10(19-4-2-3-9(6-19)16(24)25)5-12(17(26)27)28-15(13)14(23)11(22)7-20/h5,9-11,13-15,20,22-23H,2-4,6-7H2,1H3,(H,18,21)(H,24,25)(H,26,27)/t9?,10-,11+,13+,14+,15+/m0/s1. The first kappa shape index (κ1) is 22.1. The average Bonchev–Trinajstić information content (AvgIpc) is 2.66. The maximum Gasteiger partial charge on any atom is 0.370 e. The Labute approximate surface area is 161 Å². The summed E-state index contributed by atoms with van der Waals surface area (Å²) in [5.41, 5.74) is 0. The molecule has 0 aromatic rings. The minimum Gasteiger partial charge on any atom is -0.481 e. The molecule has 11 nitrogen and oxygen atoms in total. The number of carboxylic acid groups (broad SMARTS) is 2. The third-order valence-corrected chi connectivity index (χ3v) is 5.03. The second-order valence-electron chi connectivity index (χ2n) is 7.05. The summed E-state index contributed by atoms with van der Waals surface area (Å²) in [6.45, 7) is 1.02. The summed E-state index contributed by atoms with van der Waals surface area (Å²) < 4.78 is 5.32. The van der Waals surface area contributed by atoms with Crippen LogP contribution in [-0.2, 0) is 19.1 Å². The zero-order valence-electron chi connectivity index (χ0n) is 15.4. The zero-order chi connectivity index (χ0) is 21.0. The largest absolute Gasteiger partial charge is 0.481 e. The van der Waals surface area contributed by atoms with Crippen LogP contribution in [0.5, 0.6) is 0 Å². The minimum atomic E-state index is -1.69. The van der Waals surface area contributed by atoms with Crippen LogP contribution in [0.4, 0.5) is 0 Å². The Balaban J connectivity index is 2.41. The van der Waals surface area contributed by atoms with E-state index in [1.807, 2.05) is 0 Å². The van der Waals surface area contributed by atoms with Crippen molar-refractivity contribution in [3.05, 3.63) is 11.8 Å². The predicted molar refractivity (Wildman–Crippen MR) is 93.0 cm³/mol. The normalized spacial score (nSPS) is 30.5. The highest BCUT2D eigenvalue weighted by Gasteiger charge is 2.46. The first-order valence-corrected chi connectivity index (χ1v) is 8.98. The van der Waals surface area contributed by atoms with E-state index >= 15 is 0 Å². The molecule has 2 heterocycles. The summed E-state index contributed by atoms with van der Waals surface area (Å²) in [6, 6.07) is -1.75. The molecule has 1 unspecified atom stereocenters. The SMILES string of the molecule is CC(=O)N[C@H]1[C@H]([C@H](O)[C@H](O)CO)OC(C(=O)O)=C[C@@H]1N1CCCC(C(=O)O)C1. The van der Waals surface area contributed by atoms with Gasteiger partial charge in [-0.15, -0.1) is 0 Å². The van der Waals surface area contributed by atoms with Gasteiger partial charge < -0.3 is 35.6 Å². The van der Waals surface area contributed by atoms with Crippen LogP contribution in [0.3, 0.4) is 0 Å².